The van der Waals surface area contributed by atoms with E-state index in [0.29, 0.717) is 6.42 Å². The number of carbonyl (C=O) groups excluding carboxylic acids is 1. The van der Waals surface area contributed by atoms with Crippen LogP contribution < -0.4 is 5.32 Å². The molecule has 0 aromatic rings. The van der Waals surface area contributed by atoms with Gasteiger partial charge < -0.3 is 40.3 Å². The molecule has 0 aromatic carbocycles. The first-order valence-corrected chi connectivity index (χ1v) is 24.7. The predicted octanol–water partition coefficient (Wildman–Crippen LogP) is 10.8. The van der Waals surface area contributed by atoms with Gasteiger partial charge in [0.15, 0.2) is 6.29 Å². The van der Waals surface area contributed by atoms with Crippen molar-refractivity contribution in [3.63, 3.8) is 0 Å². The number of unbranched alkanes of at least 4 members (excludes halogenated alkanes) is 27. The van der Waals surface area contributed by atoms with E-state index < -0.39 is 49.5 Å². The van der Waals surface area contributed by atoms with Crippen LogP contribution in [0.15, 0.2) is 36.5 Å². The van der Waals surface area contributed by atoms with Crippen molar-refractivity contribution in [2.75, 3.05) is 13.2 Å². The Hall–Kier alpha value is -1.59. The predicted molar refractivity (Wildman–Crippen MR) is 244 cm³/mol. The Balaban J connectivity index is 2.33. The molecule has 1 aliphatic rings. The van der Waals surface area contributed by atoms with Crippen molar-refractivity contribution in [1.82, 2.24) is 5.32 Å². The fraction of sp³-hybridized carbons (Fsp3) is 0.860. The first-order valence-electron chi connectivity index (χ1n) is 24.7. The highest BCUT2D eigenvalue weighted by Crippen LogP contribution is 2.23. The number of rotatable bonds is 41. The first-order chi connectivity index (χ1) is 28.8. The lowest BCUT2D eigenvalue weighted by Crippen LogP contribution is -2.60. The van der Waals surface area contributed by atoms with E-state index in [1.165, 1.54) is 141 Å². The van der Waals surface area contributed by atoms with Gasteiger partial charge in [-0.2, -0.15) is 0 Å². The molecule has 0 aliphatic carbocycles. The molecule has 1 rings (SSSR count). The zero-order valence-electron chi connectivity index (χ0n) is 38.0. The minimum Gasteiger partial charge on any atom is -0.394 e. The van der Waals surface area contributed by atoms with Crippen LogP contribution in [0.3, 0.4) is 0 Å². The van der Waals surface area contributed by atoms with Gasteiger partial charge in [0.05, 0.1) is 25.4 Å². The Kier molecular flexibility index (Phi) is 38.0. The zero-order valence-corrected chi connectivity index (χ0v) is 38.0. The number of aliphatic hydroxyl groups is 5. The standard InChI is InChI=1S/C50H93NO8/c1-3-5-7-9-11-13-15-17-19-21-23-25-27-29-31-33-35-37-39-44(53)43(42-58-50-49(57)48(56)47(55)45(41-52)59-50)51-46(54)40-38-36-34-32-30-28-26-24-22-20-18-16-14-12-10-8-6-4-2/h14,16,20,22,37,39,43-45,47-50,52-53,55-57H,3-13,15,17-19,21,23-36,38,40-42H2,1-2H3,(H,51,54)/b16-14-,22-20-,39-37+. The molecule has 1 fully saturated rings. The van der Waals surface area contributed by atoms with Crippen molar-refractivity contribution in [3.05, 3.63) is 36.5 Å². The van der Waals surface area contributed by atoms with E-state index in [2.05, 4.69) is 43.5 Å². The fourth-order valence-corrected chi connectivity index (χ4v) is 7.72. The Bertz CT molecular complexity index is 1020. The second-order valence-corrected chi connectivity index (χ2v) is 17.3. The number of amides is 1. The van der Waals surface area contributed by atoms with E-state index in [1.807, 2.05) is 6.08 Å². The van der Waals surface area contributed by atoms with Gasteiger partial charge in [0.1, 0.15) is 24.4 Å². The minimum atomic E-state index is -1.57. The van der Waals surface area contributed by atoms with Crippen molar-refractivity contribution in [2.45, 2.75) is 262 Å². The average molecular weight is 836 g/mol. The molecule has 7 unspecified atom stereocenters. The highest BCUT2D eigenvalue weighted by molar-refractivity contribution is 5.76. The monoisotopic (exact) mass is 836 g/mol. The number of allylic oxidation sites excluding steroid dienone is 5. The lowest BCUT2D eigenvalue weighted by Gasteiger charge is -2.40. The molecule has 1 heterocycles. The maximum atomic E-state index is 13.0. The van der Waals surface area contributed by atoms with Gasteiger partial charge in [-0.15, -0.1) is 0 Å². The summed E-state index contributed by atoms with van der Waals surface area (Å²) in [6.07, 6.45) is 43.2. The smallest absolute Gasteiger partial charge is 0.220 e. The number of nitrogens with one attached hydrogen (secondary N) is 1. The highest BCUT2D eigenvalue weighted by Gasteiger charge is 2.44. The van der Waals surface area contributed by atoms with Gasteiger partial charge in [0.25, 0.3) is 0 Å². The molecule has 9 heteroatoms. The largest absolute Gasteiger partial charge is 0.394 e. The number of aliphatic hydroxyl groups excluding tert-OH is 5. The van der Waals surface area contributed by atoms with Crippen LogP contribution in [-0.2, 0) is 14.3 Å². The Labute approximate surface area is 361 Å². The SMILES string of the molecule is CCCCCC/C=C\C/C=C\CCCCCCCCCC(=O)NC(COC1OC(CO)C(O)C(O)C1O)C(O)/C=C/CCCCCCCCCCCCCCCCCC. The van der Waals surface area contributed by atoms with Gasteiger partial charge in [0.2, 0.25) is 5.91 Å². The van der Waals surface area contributed by atoms with E-state index in [0.717, 1.165) is 57.8 Å². The molecule has 59 heavy (non-hydrogen) atoms. The maximum absolute atomic E-state index is 13.0. The van der Waals surface area contributed by atoms with Crippen LogP contribution in [0.5, 0.6) is 0 Å². The summed E-state index contributed by atoms with van der Waals surface area (Å²) in [5.74, 6) is -0.184. The molecular formula is C50H93NO8. The van der Waals surface area contributed by atoms with Gasteiger partial charge in [0, 0.05) is 6.42 Å². The molecule has 1 aliphatic heterocycles. The molecule has 1 saturated heterocycles. The van der Waals surface area contributed by atoms with Crippen molar-refractivity contribution >= 4 is 5.91 Å². The van der Waals surface area contributed by atoms with Gasteiger partial charge in [-0.1, -0.05) is 198 Å². The van der Waals surface area contributed by atoms with E-state index in [4.69, 9.17) is 9.47 Å². The van der Waals surface area contributed by atoms with Crippen LogP contribution in [0.25, 0.3) is 0 Å². The Morgan fingerprint density at radius 3 is 1.47 bits per heavy atom. The molecule has 9 nitrogen and oxygen atoms in total. The van der Waals surface area contributed by atoms with Gasteiger partial charge >= 0.3 is 0 Å². The number of hydrogen-bond donors (Lipinski definition) is 6. The summed E-state index contributed by atoms with van der Waals surface area (Å²) < 4.78 is 11.2. The molecule has 346 valence electrons. The topological polar surface area (TPSA) is 149 Å². The second-order valence-electron chi connectivity index (χ2n) is 17.3. The van der Waals surface area contributed by atoms with E-state index in [1.54, 1.807) is 6.08 Å². The summed E-state index contributed by atoms with van der Waals surface area (Å²) >= 11 is 0. The third kappa shape index (κ3) is 31.0. The average Bonchev–Trinajstić information content (AvgIpc) is 3.23. The maximum Gasteiger partial charge on any atom is 0.220 e. The lowest BCUT2D eigenvalue weighted by atomic mass is 9.99. The Morgan fingerprint density at radius 2 is 1.00 bits per heavy atom. The normalized spacial score (nSPS) is 21.0. The molecule has 0 spiro atoms. The zero-order chi connectivity index (χ0) is 43.0. The van der Waals surface area contributed by atoms with Crippen LogP contribution in [-0.4, -0.2) is 87.5 Å². The minimum absolute atomic E-state index is 0.184. The molecular weight excluding hydrogens is 743 g/mol. The highest BCUT2D eigenvalue weighted by atomic mass is 16.7. The summed E-state index contributed by atoms with van der Waals surface area (Å²) in [7, 11) is 0. The van der Waals surface area contributed by atoms with Crippen LogP contribution in [0.4, 0.5) is 0 Å². The molecule has 6 N–H and O–H groups in total. The van der Waals surface area contributed by atoms with E-state index in [9.17, 15) is 30.3 Å². The number of carbonyl (C=O) groups is 1. The third-order valence-electron chi connectivity index (χ3n) is 11.7. The van der Waals surface area contributed by atoms with Gasteiger partial charge in [-0.05, 0) is 51.4 Å². The molecule has 7 atom stereocenters. The molecule has 0 bridgehead atoms. The summed E-state index contributed by atoms with van der Waals surface area (Å²) in [4.78, 5) is 13.0. The van der Waals surface area contributed by atoms with Crippen molar-refractivity contribution in [3.8, 4) is 0 Å². The van der Waals surface area contributed by atoms with Crippen molar-refractivity contribution in [2.24, 2.45) is 0 Å². The molecule has 1 amide bonds. The van der Waals surface area contributed by atoms with Crippen LogP contribution in [0, 0.1) is 0 Å². The van der Waals surface area contributed by atoms with Crippen LogP contribution >= 0.6 is 0 Å². The number of ether oxygens (including phenoxy) is 2. The molecule has 0 radical (unpaired) electrons. The third-order valence-corrected chi connectivity index (χ3v) is 11.7. The quantitative estimate of drug-likeness (QED) is 0.0263. The lowest BCUT2D eigenvalue weighted by molar-refractivity contribution is -0.302. The first kappa shape index (κ1) is 55.4. The van der Waals surface area contributed by atoms with Gasteiger partial charge in [-0.25, -0.2) is 0 Å². The van der Waals surface area contributed by atoms with E-state index >= 15 is 0 Å². The van der Waals surface area contributed by atoms with Gasteiger partial charge in [-0.3, -0.25) is 4.79 Å². The van der Waals surface area contributed by atoms with Crippen molar-refractivity contribution in [1.29, 1.82) is 0 Å². The number of hydrogen-bond acceptors (Lipinski definition) is 8. The Morgan fingerprint density at radius 1 is 0.576 bits per heavy atom. The fourth-order valence-electron chi connectivity index (χ4n) is 7.72. The molecule has 0 aromatic heterocycles. The second kappa shape index (κ2) is 40.5. The van der Waals surface area contributed by atoms with Crippen molar-refractivity contribution < 1.29 is 39.8 Å². The molecule has 0 saturated carbocycles. The summed E-state index contributed by atoms with van der Waals surface area (Å²) in [5, 5.41) is 54.3. The van der Waals surface area contributed by atoms with E-state index in [-0.39, 0.29) is 12.5 Å². The van der Waals surface area contributed by atoms with Crippen LogP contribution in [0.2, 0.25) is 0 Å². The summed E-state index contributed by atoms with van der Waals surface area (Å²) in [5.41, 5.74) is 0. The summed E-state index contributed by atoms with van der Waals surface area (Å²) in [6.45, 7) is 3.76. The van der Waals surface area contributed by atoms with Crippen LogP contribution in [0.1, 0.15) is 219 Å². The summed E-state index contributed by atoms with van der Waals surface area (Å²) in [6, 6.07) is -0.808.